The summed E-state index contributed by atoms with van der Waals surface area (Å²) in [5.41, 5.74) is 1.32. The second-order valence-electron chi connectivity index (χ2n) is 4.38. The van der Waals surface area contributed by atoms with Crippen molar-refractivity contribution < 1.29 is 9.53 Å². The third kappa shape index (κ3) is 4.28. The molecule has 0 N–H and O–H groups in total. The molecule has 21 heavy (non-hydrogen) atoms. The van der Waals surface area contributed by atoms with Gasteiger partial charge in [-0.1, -0.05) is 12.1 Å². The van der Waals surface area contributed by atoms with E-state index in [1.54, 1.807) is 54.7 Å². The Balaban J connectivity index is 1.86. The predicted octanol–water partition coefficient (Wildman–Crippen LogP) is 1.53. The minimum absolute atomic E-state index is 0.0575. The van der Waals surface area contributed by atoms with Crippen LogP contribution in [0, 0.1) is 11.3 Å². The average molecular weight is 282 g/mol. The largest absolute Gasteiger partial charge is 0.459 e. The van der Waals surface area contributed by atoms with Crippen molar-refractivity contribution in [3.63, 3.8) is 0 Å². The summed E-state index contributed by atoms with van der Waals surface area (Å²) in [6.45, 7) is 0.194. The number of aromatic nitrogens is 2. The van der Waals surface area contributed by atoms with Gasteiger partial charge in [0.15, 0.2) is 0 Å². The molecule has 1 aromatic heterocycles. The molecule has 0 unspecified atom stereocenters. The molecule has 0 saturated heterocycles. The number of hydrogen-bond donors (Lipinski definition) is 0. The molecule has 0 aliphatic carbocycles. The van der Waals surface area contributed by atoms with Crippen LogP contribution in [0.15, 0.2) is 42.7 Å². The zero-order valence-electron chi connectivity index (χ0n) is 11.6. The fourth-order valence-corrected chi connectivity index (χ4v) is 1.69. The van der Waals surface area contributed by atoms with Crippen LogP contribution in [0.4, 0.5) is 5.95 Å². The van der Waals surface area contributed by atoms with Gasteiger partial charge in [-0.05, 0) is 23.8 Å². The van der Waals surface area contributed by atoms with Crippen molar-refractivity contribution in [2.45, 2.75) is 6.61 Å². The standard InChI is InChI=1S/C15H14N4O2/c1-19(15-17-6-3-7-18-15)10-14(20)21-11-13-5-2-4-12(8-13)9-16/h2-8H,10-11H2,1H3. The van der Waals surface area contributed by atoms with Crippen LogP contribution in [0.2, 0.25) is 0 Å². The van der Waals surface area contributed by atoms with Crippen LogP contribution in [0.25, 0.3) is 0 Å². The van der Waals surface area contributed by atoms with Crippen molar-refractivity contribution in [2.75, 3.05) is 18.5 Å². The van der Waals surface area contributed by atoms with Crippen LogP contribution in [0.3, 0.4) is 0 Å². The first kappa shape index (κ1) is 14.5. The van der Waals surface area contributed by atoms with Crippen LogP contribution in [-0.2, 0) is 16.1 Å². The third-order valence-electron chi connectivity index (χ3n) is 2.72. The first-order chi connectivity index (χ1) is 10.2. The lowest BCUT2D eigenvalue weighted by Crippen LogP contribution is -2.28. The summed E-state index contributed by atoms with van der Waals surface area (Å²) < 4.78 is 5.17. The van der Waals surface area contributed by atoms with Crippen molar-refractivity contribution in [1.29, 1.82) is 5.26 Å². The average Bonchev–Trinajstić information content (AvgIpc) is 2.54. The zero-order chi connectivity index (χ0) is 15.1. The number of anilines is 1. The number of hydrogen-bond acceptors (Lipinski definition) is 6. The van der Waals surface area contributed by atoms with Crippen LogP contribution in [0.1, 0.15) is 11.1 Å². The summed E-state index contributed by atoms with van der Waals surface area (Å²) in [6.07, 6.45) is 3.22. The maximum Gasteiger partial charge on any atom is 0.325 e. The zero-order valence-corrected chi connectivity index (χ0v) is 11.6. The first-order valence-corrected chi connectivity index (χ1v) is 6.32. The number of ether oxygens (including phenoxy) is 1. The number of carbonyl (C=O) groups excluding carboxylic acids is 1. The summed E-state index contributed by atoms with van der Waals surface area (Å²) in [5, 5.41) is 8.81. The van der Waals surface area contributed by atoms with Crippen LogP contribution in [-0.4, -0.2) is 29.5 Å². The van der Waals surface area contributed by atoms with Crippen molar-refractivity contribution >= 4 is 11.9 Å². The van der Waals surface area contributed by atoms with Crippen molar-refractivity contribution in [3.05, 3.63) is 53.9 Å². The first-order valence-electron chi connectivity index (χ1n) is 6.32. The van der Waals surface area contributed by atoms with E-state index in [1.807, 2.05) is 6.07 Å². The number of carbonyl (C=O) groups is 1. The monoisotopic (exact) mass is 282 g/mol. The fraction of sp³-hybridized carbons (Fsp3) is 0.200. The summed E-state index contributed by atoms with van der Waals surface area (Å²) >= 11 is 0. The molecule has 0 saturated carbocycles. The maximum absolute atomic E-state index is 11.8. The number of nitriles is 1. The SMILES string of the molecule is CN(CC(=O)OCc1cccc(C#N)c1)c1ncccn1. The highest BCUT2D eigenvalue weighted by molar-refractivity contribution is 5.74. The van der Waals surface area contributed by atoms with Gasteiger partial charge in [0.2, 0.25) is 5.95 Å². The smallest absolute Gasteiger partial charge is 0.325 e. The molecule has 1 heterocycles. The molecule has 6 nitrogen and oxygen atoms in total. The lowest BCUT2D eigenvalue weighted by Gasteiger charge is -2.15. The third-order valence-corrected chi connectivity index (χ3v) is 2.72. The summed E-state index contributed by atoms with van der Waals surface area (Å²) in [4.78, 5) is 21.5. The van der Waals surface area contributed by atoms with Gasteiger partial charge in [-0.3, -0.25) is 4.79 Å². The van der Waals surface area contributed by atoms with E-state index < -0.39 is 0 Å². The van der Waals surface area contributed by atoms with E-state index in [-0.39, 0.29) is 19.1 Å². The Morgan fingerprint density at radius 2 is 2.10 bits per heavy atom. The number of benzene rings is 1. The van der Waals surface area contributed by atoms with E-state index >= 15 is 0 Å². The minimum atomic E-state index is -0.382. The van der Waals surface area contributed by atoms with Crippen molar-refractivity contribution in [3.8, 4) is 6.07 Å². The Labute approximate surface area is 122 Å². The fourth-order valence-electron chi connectivity index (χ4n) is 1.69. The Morgan fingerprint density at radius 1 is 1.33 bits per heavy atom. The second-order valence-corrected chi connectivity index (χ2v) is 4.38. The maximum atomic E-state index is 11.8. The highest BCUT2D eigenvalue weighted by Crippen LogP contribution is 2.07. The normalized spacial score (nSPS) is 9.71. The van der Waals surface area contributed by atoms with Crippen LogP contribution < -0.4 is 4.90 Å². The van der Waals surface area contributed by atoms with Gasteiger partial charge in [-0.2, -0.15) is 5.26 Å². The van der Waals surface area contributed by atoms with E-state index in [0.717, 1.165) is 5.56 Å². The second kappa shape index (κ2) is 7.01. The van der Waals surface area contributed by atoms with E-state index in [4.69, 9.17) is 10.00 Å². The Morgan fingerprint density at radius 3 is 2.81 bits per heavy atom. The molecule has 106 valence electrons. The molecule has 6 heteroatoms. The molecule has 0 bridgehead atoms. The van der Waals surface area contributed by atoms with Gasteiger partial charge < -0.3 is 9.64 Å². The Bertz CT molecular complexity index is 652. The topological polar surface area (TPSA) is 79.1 Å². The number of esters is 1. The van der Waals surface area contributed by atoms with Crippen LogP contribution in [0.5, 0.6) is 0 Å². The van der Waals surface area contributed by atoms with Gasteiger partial charge in [0.1, 0.15) is 13.2 Å². The molecule has 2 rings (SSSR count). The van der Waals surface area contributed by atoms with Gasteiger partial charge in [0, 0.05) is 19.4 Å². The molecule has 0 amide bonds. The van der Waals surface area contributed by atoms with E-state index in [2.05, 4.69) is 9.97 Å². The Hall–Kier alpha value is -2.94. The highest BCUT2D eigenvalue weighted by atomic mass is 16.5. The predicted molar refractivity (Wildman–Crippen MR) is 76.3 cm³/mol. The summed E-state index contributed by atoms with van der Waals surface area (Å²) in [6, 6.07) is 10.7. The summed E-state index contributed by atoms with van der Waals surface area (Å²) in [5.74, 6) is 0.0771. The molecular weight excluding hydrogens is 268 g/mol. The number of rotatable bonds is 5. The van der Waals surface area contributed by atoms with E-state index in [0.29, 0.717) is 11.5 Å². The molecule has 1 aromatic carbocycles. The van der Waals surface area contributed by atoms with Crippen molar-refractivity contribution in [1.82, 2.24) is 9.97 Å². The minimum Gasteiger partial charge on any atom is -0.459 e. The van der Waals surface area contributed by atoms with E-state index in [1.165, 1.54) is 0 Å². The van der Waals surface area contributed by atoms with E-state index in [9.17, 15) is 4.79 Å². The van der Waals surface area contributed by atoms with Gasteiger partial charge in [0.25, 0.3) is 0 Å². The molecule has 0 aliphatic heterocycles. The quantitative estimate of drug-likeness (QED) is 0.774. The number of likely N-dealkylation sites (N-methyl/N-ethyl adjacent to an activating group) is 1. The van der Waals surface area contributed by atoms with Gasteiger partial charge in [-0.25, -0.2) is 9.97 Å². The lowest BCUT2D eigenvalue weighted by molar-refractivity contribution is -0.143. The summed E-state index contributed by atoms with van der Waals surface area (Å²) in [7, 11) is 1.72. The van der Waals surface area contributed by atoms with Crippen LogP contribution >= 0.6 is 0 Å². The molecule has 2 aromatic rings. The molecule has 0 atom stereocenters. The highest BCUT2D eigenvalue weighted by Gasteiger charge is 2.10. The molecule has 0 fully saturated rings. The van der Waals surface area contributed by atoms with Crippen molar-refractivity contribution in [2.24, 2.45) is 0 Å². The molecule has 0 aliphatic rings. The van der Waals surface area contributed by atoms with Gasteiger partial charge in [-0.15, -0.1) is 0 Å². The lowest BCUT2D eigenvalue weighted by atomic mass is 10.1. The van der Waals surface area contributed by atoms with Gasteiger partial charge >= 0.3 is 5.97 Å². The molecule has 0 radical (unpaired) electrons. The number of nitrogens with zero attached hydrogens (tertiary/aromatic N) is 4. The Kier molecular flexibility index (Phi) is 4.83. The molecule has 0 spiro atoms. The molecular formula is C15H14N4O2. The van der Waals surface area contributed by atoms with Gasteiger partial charge in [0.05, 0.1) is 11.6 Å².